The molecule has 0 atom stereocenters. The van der Waals surface area contributed by atoms with Crippen molar-refractivity contribution in [3.63, 3.8) is 0 Å². The summed E-state index contributed by atoms with van der Waals surface area (Å²) in [6, 6.07) is 17.3. The first-order chi connectivity index (χ1) is 13.9. The predicted octanol–water partition coefficient (Wildman–Crippen LogP) is 5.76. The van der Waals surface area contributed by atoms with Crippen LogP contribution in [0.3, 0.4) is 0 Å². The number of anilines is 1. The molecule has 0 saturated carbocycles. The molecule has 0 bridgehead atoms. The number of hydrogen-bond donors (Lipinski definition) is 1. The minimum Gasteiger partial charge on any atom is -0.496 e. The van der Waals surface area contributed by atoms with Gasteiger partial charge in [0, 0.05) is 16.8 Å². The van der Waals surface area contributed by atoms with Crippen molar-refractivity contribution in [1.82, 2.24) is 0 Å². The molecule has 0 radical (unpaired) electrons. The minimum absolute atomic E-state index is 0.164. The lowest BCUT2D eigenvalue weighted by Crippen LogP contribution is -2.13. The van der Waals surface area contributed by atoms with Crippen molar-refractivity contribution in [2.75, 3.05) is 12.4 Å². The van der Waals surface area contributed by atoms with Gasteiger partial charge in [-0.1, -0.05) is 12.1 Å². The molecule has 0 aromatic heterocycles. The fourth-order valence-electron chi connectivity index (χ4n) is 3.02. The molecule has 29 heavy (non-hydrogen) atoms. The van der Waals surface area contributed by atoms with Crippen LogP contribution in [-0.2, 0) is 6.61 Å². The molecule has 3 aromatic rings. The third kappa shape index (κ3) is 4.96. The monoisotopic (exact) mass is 389 g/mol. The van der Waals surface area contributed by atoms with Crippen molar-refractivity contribution in [1.29, 1.82) is 0 Å². The quantitative estimate of drug-likeness (QED) is 0.583. The number of carbonyl (C=O) groups excluding carboxylic acids is 1. The second kappa shape index (κ2) is 8.82. The van der Waals surface area contributed by atoms with Crippen LogP contribution < -0.4 is 14.8 Å². The molecule has 0 unspecified atom stereocenters. The van der Waals surface area contributed by atoms with Crippen molar-refractivity contribution >= 4 is 11.6 Å². The van der Waals surface area contributed by atoms with E-state index in [4.69, 9.17) is 9.47 Å². The van der Waals surface area contributed by atoms with Crippen molar-refractivity contribution in [2.24, 2.45) is 0 Å². The Labute approximate surface area is 172 Å². The van der Waals surface area contributed by atoms with Gasteiger partial charge in [0.15, 0.2) is 0 Å². The molecule has 0 heterocycles. The summed E-state index contributed by atoms with van der Waals surface area (Å²) >= 11 is 0. The molecule has 4 heteroatoms. The van der Waals surface area contributed by atoms with E-state index >= 15 is 0 Å². The molecule has 1 amide bonds. The standard InChI is InChI=1S/C25H27NO3/c1-16-6-9-22(12-18(16)3)26-25(27)20-8-11-24(28-5)21(14-20)15-29-23-10-7-17(2)19(4)13-23/h6-14H,15H2,1-5H3,(H,26,27). The fraction of sp³-hybridized carbons (Fsp3) is 0.240. The molecule has 3 aromatic carbocycles. The number of methoxy groups -OCH3 is 1. The van der Waals surface area contributed by atoms with E-state index in [2.05, 4.69) is 19.2 Å². The van der Waals surface area contributed by atoms with Gasteiger partial charge in [0.05, 0.1) is 7.11 Å². The number of nitrogens with one attached hydrogen (secondary N) is 1. The molecule has 150 valence electrons. The Bertz CT molecular complexity index is 1040. The highest BCUT2D eigenvalue weighted by atomic mass is 16.5. The lowest BCUT2D eigenvalue weighted by Gasteiger charge is -2.13. The van der Waals surface area contributed by atoms with E-state index in [1.165, 1.54) is 16.7 Å². The number of aryl methyl sites for hydroxylation is 4. The van der Waals surface area contributed by atoms with E-state index in [0.717, 1.165) is 22.6 Å². The minimum atomic E-state index is -0.164. The maximum absolute atomic E-state index is 12.7. The average molecular weight is 389 g/mol. The van der Waals surface area contributed by atoms with Gasteiger partial charge in [0.1, 0.15) is 18.1 Å². The second-order valence-corrected chi connectivity index (χ2v) is 7.31. The van der Waals surface area contributed by atoms with Gasteiger partial charge in [-0.15, -0.1) is 0 Å². The van der Waals surface area contributed by atoms with E-state index in [0.29, 0.717) is 17.9 Å². The van der Waals surface area contributed by atoms with Gasteiger partial charge < -0.3 is 14.8 Å². The Morgan fingerprint density at radius 1 is 0.828 bits per heavy atom. The lowest BCUT2D eigenvalue weighted by atomic mass is 10.1. The summed E-state index contributed by atoms with van der Waals surface area (Å²) in [4.78, 5) is 12.7. The van der Waals surface area contributed by atoms with E-state index < -0.39 is 0 Å². The Kier molecular flexibility index (Phi) is 6.23. The summed E-state index contributed by atoms with van der Waals surface area (Å²) < 4.78 is 11.4. The van der Waals surface area contributed by atoms with E-state index in [1.807, 2.05) is 56.3 Å². The molecule has 0 saturated heterocycles. The zero-order chi connectivity index (χ0) is 21.0. The van der Waals surface area contributed by atoms with Gasteiger partial charge in [0.25, 0.3) is 5.91 Å². The molecular weight excluding hydrogens is 362 g/mol. The van der Waals surface area contributed by atoms with Crippen molar-refractivity contribution in [3.05, 3.63) is 88.0 Å². The van der Waals surface area contributed by atoms with Crippen LogP contribution in [0.15, 0.2) is 54.6 Å². The maximum atomic E-state index is 12.7. The molecule has 0 aliphatic heterocycles. The van der Waals surface area contributed by atoms with Crippen molar-refractivity contribution in [3.8, 4) is 11.5 Å². The van der Waals surface area contributed by atoms with Crippen LogP contribution in [0, 0.1) is 27.7 Å². The lowest BCUT2D eigenvalue weighted by molar-refractivity contribution is 0.102. The SMILES string of the molecule is COc1ccc(C(=O)Nc2ccc(C)c(C)c2)cc1COc1ccc(C)c(C)c1. The zero-order valence-electron chi connectivity index (χ0n) is 17.6. The van der Waals surface area contributed by atoms with Crippen LogP contribution in [-0.4, -0.2) is 13.0 Å². The topological polar surface area (TPSA) is 47.6 Å². The molecule has 0 spiro atoms. The first kappa shape index (κ1) is 20.5. The summed E-state index contributed by atoms with van der Waals surface area (Å²) in [5.74, 6) is 1.32. The van der Waals surface area contributed by atoms with Gasteiger partial charge in [-0.2, -0.15) is 0 Å². The molecule has 0 aliphatic rings. The number of carbonyl (C=O) groups is 1. The van der Waals surface area contributed by atoms with Crippen LogP contribution in [0.5, 0.6) is 11.5 Å². The van der Waals surface area contributed by atoms with Gasteiger partial charge >= 0.3 is 0 Å². The van der Waals surface area contributed by atoms with Crippen LogP contribution >= 0.6 is 0 Å². The largest absolute Gasteiger partial charge is 0.496 e. The van der Waals surface area contributed by atoms with E-state index in [-0.39, 0.29) is 5.91 Å². The number of ether oxygens (including phenoxy) is 2. The third-order valence-electron chi connectivity index (χ3n) is 5.18. The third-order valence-corrected chi connectivity index (χ3v) is 5.18. The summed E-state index contributed by atoms with van der Waals surface area (Å²) in [7, 11) is 1.61. The Hall–Kier alpha value is -3.27. The van der Waals surface area contributed by atoms with Crippen LogP contribution in [0.25, 0.3) is 0 Å². The number of amides is 1. The average Bonchev–Trinajstić information content (AvgIpc) is 2.71. The summed E-state index contributed by atoms with van der Waals surface area (Å²) in [5, 5.41) is 2.96. The molecule has 0 fully saturated rings. The summed E-state index contributed by atoms with van der Waals surface area (Å²) in [6.45, 7) is 8.52. The van der Waals surface area contributed by atoms with E-state index in [9.17, 15) is 4.79 Å². The van der Waals surface area contributed by atoms with Crippen molar-refractivity contribution < 1.29 is 14.3 Å². The highest BCUT2D eigenvalue weighted by molar-refractivity contribution is 6.04. The van der Waals surface area contributed by atoms with E-state index in [1.54, 1.807) is 19.2 Å². The van der Waals surface area contributed by atoms with Gasteiger partial charge in [-0.3, -0.25) is 4.79 Å². The van der Waals surface area contributed by atoms with Crippen molar-refractivity contribution in [2.45, 2.75) is 34.3 Å². The summed E-state index contributed by atoms with van der Waals surface area (Å²) in [6.07, 6.45) is 0. The molecule has 3 rings (SSSR count). The van der Waals surface area contributed by atoms with Gasteiger partial charge in [-0.05, 0) is 92.4 Å². The Morgan fingerprint density at radius 3 is 2.17 bits per heavy atom. The Balaban J connectivity index is 1.77. The Morgan fingerprint density at radius 2 is 1.52 bits per heavy atom. The number of rotatable bonds is 6. The molecule has 0 aliphatic carbocycles. The second-order valence-electron chi connectivity index (χ2n) is 7.31. The first-order valence-electron chi connectivity index (χ1n) is 9.63. The molecule has 4 nitrogen and oxygen atoms in total. The summed E-state index contributed by atoms with van der Waals surface area (Å²) in [5.41, 5.74) is 6.89. The predicted molar refractivity (Wildman–Crippen MR) is 117 cm³/mol. The zero-order valence-corrected chi connectivity index (χ0v) is 17.6. The number of benzene rings is 3. The van der Waals surface area contributed by atoms with Gasteiger partial charge in [0.2, 0.25) is 0 Å². The molecular formula is C25H27NO3. The maximum Gasteiger partial charge on any atom is 0.255 e. The normalized spacial score (nSPS) is 10.5. The highest BCUT2D eigenvalue weighted by Crippen LogP contribution is 2.24. The number of hydrogen-bond acceptors (Lipinski definition) is 3. The fourth-order valence-corrected chi connectivity index (χ4v) is 3.02. The highest BCUT2D eigenvalue weighted by Gasteiger charge is 2.12. The first-order valence-corrected chi connectivity index (χ1v) is 9.63. The smallest absolute Gasteiger partial charge is 0.255 e. The van der Waals surface area contributed by atoms with Crippen LogP contribution in [0.4, 0.5) is 5.69 Å². The van der Waals surface area contributed by atoms with Crippen LogP contribution in [0.2, 0.25) is 0 Å². The van der Waals surface area contributed by atoms with Crippen LogP contribution in [0.1, 0.15) is 38.2 Å². The van der Waals surface area contributed by atoms with Gasteiger partial charge in [-0.25, -0.2) is 0 Å². The molecule has 1 N–H and O–H groups in total.